The van der Waals surface area contributed by atoms with Crippen molar-refractivity contribution in [2.75, 3.05) is 11.9 Å². The van der Waals surface area contributed by atoms with Gasteiger partial charge >= 0.3 is 0 Å². The first-order chi connectivity index (χ1) is 7.10. The molecule has 1 N–H and O–H groups in total. The maximum Gasteiger partial charge on any atom is 0.0696 e. The van der Waals surface area contributed by atoms with Crippen molar-refractivity contribution >= 4 is 17.3 Å². The number of hydrogen-bond acceptors (Lipinski definition) is 2. The van der Waals surface area contributed by atoms with Crippen molar-refractivity contribution in [2.45, 2.75) is 32.9 Å². The number of nitrogens with zero attached hydrogens (tertiary/aromatic N) is 1. The van der Waals surface area contributed by atoms with Gasteiger partial charge in [0.05, 0.1) is 6.61 Å². The lowest BCUT2D eigenvalue weighted by atomic mass is 10.1. The van der Waals surface area contributed by atoms with Crippen LogP contribution in [0.25, 0.3) is 0 Å². The zero-order chi connectivity index (χ0) is 11.4. The number of halogens is 1. The number of aliphatic hydroxyl groups excluding tert-OH is 1. The van der Waals surface area contributed by atoms with Crippen LogP contribution in [-0.4, -0.2) is 18.2 Å². The lowest BCUT2D eigenvalue weighted by Crippen LogP contribution is -2.27. The molecular formula is C12H18ClNO. The summed E-state index contributed by atoms with van der Waals surface area (Å²) < 4.78 is 0. The van der Waals surface area contributed by atoms with Crippen molar-refractivity contribution in [3.05, 3.63) is 28.8 Å². The third-order valence-electron chi connectivity index (χ3n) is 2.87. The first-order valence-corrected chi connectivity index (χ1v) is 5.60. The van der Waals surface area contributed by atoms with Crippen molar-refractivity contribution in [1.29, 1.82) is 0 Å². The van der Waals surface area contributed by atoms with Crippen LogP contribution in [0, 0.1) is 0 Å². The van der Waals surface area contributed by atoms with Gasteiger partial charge in [0.25, 0.3) is 0 Å². The first kappa shape index (κ1) is 12.3. The number of benzene rings is 1. The van der Waals surface area contributed by atoms with Crippen LogP contribution in [0.15, 0.2) is 18.2 Å². The molecule has 0 saturated heterocycles. The van der Waals surface area contributed by atoms with E-state index in [1.54, 1.807) is 0 Å². The molecule has 0 saturated carbocycles. The van der Waals surface area contributed by atoms with E-state index in [1.807, 2.05) is 18.2 Å². The van der Waals surface area contributed by atoms with Crippen LogP contribution in [0.4, 0.5) is 5.69 Å². The van der Waals surface area contributed by atoms with Crippen LogP contribution in [0.2, 0.25) is 5.02 Å². The van der Waals surface area contributed by atoms with Crippen LogP contribution in [0.5, 0.6) is 0 Å². The molecule has 0 radical (unpaired) electrons. The Labute approximate surface area is 96.5 Å². The van der Waals surface area contributed by atoms with Gasteiger partial charge in [-0.15, -0.1) is 0 Å². The van der Waals surface area contributed by atoms with Gasteiger partial charge in [-0.1, -0.05) is 24.6 Å². The zero-order valence-corrected chi connectivity index (χ0v) is 10.3. The highest BCUT2D eigenvalue weighted by molar-refractivity contribution is 6.31. The van der Waals surface area contributed by atoms with E-state index in [9.17, 15) is 0 Å². The normalized spacial score (nSPS) is 12.6. The molecule has 1 atom stereocenters. The highest BCUT2D eigenvalue weighted by Gasteiger charge is 2.09. The Morgan fingerprint density at radius 3 is 2.60 bits per heavy atom. The maximum absolute atomic E-state index is 9.01. The Bertz CT molecular complexity index is 327. The third kappa shape index (κ3) is 2.86. The Morgan fingerprint density at radius 2 is 2.13 bits per heavy atom. The van der Waals surface area contributed by atoms with Crippen LogP contribution in [0.1, 0.15) is 25.8 Å². The minimum absolute atomic E-state index is 0.00778. The molecule has 0 aliphatic rings. The van der Waals surface area contributed by atoms with Crippen molar-refractivity contribution in [2.24, 2.45) is 0 Å². The fourth-order valence-corrected chi connectivity index (χ4v) is 1.65. The molecule has 84 valence electrons. The minimum atomic E-state index is -0.00778. The molecule has 1 aromatic rings. The Kier molecular flexibility index (Phi) is 4.43. The van der Waals surface area contributed by atoms with E-state index in [0.717, 1.165) is 17.7 Å². The van der Waals surface area contributed by atoms with Gasteiger partial charge in [-0.2, -0.15) is 0 Å². The Morgan fingerprint density at radius 1 is 1.47 bits per heavy atom. The summed E-state index contributed by atoms with van der Waals surface area (Å²) in [6.45, 7) is 4.32. The third-order valence-corrected chi connectivity index (χ3v) is 3.22. The monoisotopic (exact) mass is 227 g/mol. The molecule has 0 amide bonds. The predicted octanol–water partition coefficient (Wildman–Crippen LogP) is 3.07. The van der Waals surface area contributed by atoms with Gasteiger partial charge < -0.3 is 10.0 Å². The van der Waals surface area contributed by atoms with Crippen molar-refractivity contribution in [1.82, 2.24) is 0 Å². The molecule has 15 heavy (non-hydrogen) atoms. The molecule has 1 rings (SSSR count). The van der Waals surface area contributed by atoms with Crippen LogP contribution in [-0.2, 0) is 6.61 Å². The lowest BCUT2D eigenvalue weighted by molar-refractivity contribution is 0.282. The molecule has 0 aliphatic heterocycles. The second kappa shape index (κ2) is 5.38. The largest absolute Gasteiger partial charge is 0.392 e. The topological polar surface area (TPSA) is 23.5 Å². The summed E-state index contributed by atoms with van der Waals surface area (Å²) in [7, 11) is 2.05. The van der Waals surface area contributed by atoms with Crippen LogP contribution in [0.3, 0.4) is 0 Å². The molecular weight excluding hydrogens is 210 g/mol. The van der Waals surface area contributed by atoms with E-state index in [1.165, 1.54) is 0 Å². The van der Waals surface area contributed by atoms with Crippen molar-refractivity contribution in [3.63, 3.8) is 0 Å². The summed E-state index contributed by atoms with van der Waals surface area (Å²) in [4.78, 5) is 2.19. The molecule has 0 aliphatic carbocycles. The highest BCUT2D eigenvalue weighted by Crippen LogP contribution is 2.24. The van der Waals surface area contributed by atoms with Gasteiger partial charge in [-0.25, -0.2) is 0 Å². The van der Waals surface area contributed by atoms with Crippen molar-refractivity contribution in [3.8, 4) is 0 Å². The predicted molar refractivity (Wildman–Crippen MR) is 65.5 cm³/mol. The van der Waals surface area contributed by atoms with Gasteiger partial charge in [0.1, 0.15) is 0 Å². The first-order valence-electron chi connectivity index (χ1n) is 5.22. The smallest absolute Gasteiger partial charge is 0.0696 e. The fourth-order valence-electron chi connectivity index (χ4n) is 1.41. The zero-order valence-electron chi connectivity index (χ0n) is 9.50. The van der Waals surface area contributed by atoms with Gasteiger partial charge in [0.15, 0.2) is 0 Å². The van der Waals surface area contributed by atoms with Crippen LogP contribution >= 0.6 is 11.6 Å². The molecule has 3 heteroatoms. The summed E-state index contributed by atoms with van der Waals surface area (Å²) in [5, 5.41) is 9.63. The molecule has 0 aromatic heterocycles. The average Bonchev–Trinajstić information content (AvgIpc) is 2.26. The van der Waals surface area contributed by atoms with E-state index in [4.69, 9.17) is 16.7 Å². The average molecular weight is 228 g/mol. The summed E-state index contributed by atoms with van der Waals surface area (Å²) in [6, 6.07) is 6.25. The second-order valence-corrected chi connectivity index (χ2v) is 4.21. The molecule has 0 spiro atoms. The number of hydrogen-bond donors (Lipinski definition) is 1. The van der Waals surface area contributed by atoms with E-state index >= 15 is 0 Å². The molecule has 1 unspecified atom stereocenters. The van der Waals surface area contributed by atoms with E-state index < -0.39 is 0 Å². The number of anilines is 1. The van der Waals surface area contributed by atoms with Crippen LogP contribution < -0.4 is 4.90 Å². The van der Waals surface area contributed by atoms with Crippen molar-refractivity contribution < 1.29 is 5.11 Å². The van der Waals surface area contributed by atoms with Gasteiger partial charge in [0.2, 0.25) is 0 Å². The quantitative estimate of drug-likeness (QED) is 0.855. The Hall–Kier alpha value is -0.730. The van der Waals surface area contributed by atoms with Gasteiger partial charge in [0, 0.05) is 23.8 Å². The van der Waals surface area contributed by atoms with E-state index in [0.29, 0.717) is 11.1 Å². The summed E-state index contributed by atoms with van der Waals surface area (Å²) in [5.74, 6) is 0. The fraction of sp³-hybridized carbons (Fsp3) is 0.500. The summed E-state index contributed by atoms with van der Waals surface area (Å²) in [5.41, 5.74) is 1.87. The van der Waals surface area contributed by atoms with Gasteiger partial charge in [-0.3, -0.25) is 0 Å². The molecule has 1 aromatic carbocycles. The minimum Gasteiger partial charge on any atom is -0.392 e. The highest BCUT2D eigenvalue weighted by atomic mass is 35.5. The standard InChI is InChI=1S/C12H18ClNO/c1-4-9(2)14(3)11-6-5-10(8-15)12(13)7-11/h5-7,9,15H,4,8H2,1-3H3. The summed E-state index contributed by atoms with van der Waals surface area (Å²) in [6.07, 6.45) is 1.09. The Balaban J connectivity index is 2.92. The van der Waals surface area contributed by atoms with E-state index in [-0.39, 0.29) is 6.61 Å². The molecule has 2 nitrogen and oxygen atoms in total. The molecule has 0 heterocycles. The molecule has 0 fully saturated rings. The van der Waals surface area contributed by atoms with E-state index in [2.05, 4.69) is 25.8 Å². The summed E-state index contributed by atoms with van der Waals surface area (Å²) >= 11 is 6.03. The SMILES string of the molecule is CCC(C)N(C)c1ccc(CO)c(Cl)c1. The lowest BCUT2D eigenvalue weighted by Gasteiger charge is -2.26. The molecule has 0 bridgehead atoms. The van der Waals surface area contributed by atoms with Gasteiger partial charge in [-0.05, 0) is 31.0 Å². The maximum atomic E-state index is 9.01. The number of rotatable bonds is 4. The second-order valence-electron chi connectivity index (χ2n) is 3.80. The number of aliphatic hydroxyl groups is 1.